The monoisotopic (exact) mass is 148 g/mol. The fraction of sp³-hybridized carbons (Fsp3) is 0.125. The first-order valence-corrected chi connectivity index (χ1v) is 3.37. The lowest BCUT2D eigenvalue weighted by Gasteiger charge is -1.99. The molecule has 2 heterocycles. The standard InChI is InChI=1S/C8H8N2O/c1-11-8-7-3-2-5-10(7)6-4-9-8/h2-6H,1H3. The van der Waals surface area contributed by atoms with Gasteiger partial charge in [-0.3, -0.25) is 0 Å². The summed E-state index contributed by atoms with van der Waals surface area (Å²) in [5, 5.41) is 0. The van der Waals surface area contributed by atoms with E-state index in [0.717, 1.165) is 5.52 Å². The second-order valence-corrected chi connectivity index (χ2v) is 2.24. The highest BCUT2D eigenvalue weighted by Gasteiger charge is 1.98. The molecule has 0 radical (unpaired) electrons. The fourth-order valence-corrected chi connectivity index (χ4v) is 1.10. The minimum absolute atomic E-state index is 0.664. The maximum absolute atomic E-state index is 5.05. The Morgan fingerprint density at radius 3 is 3.18 bits per heavy atom. The number of methoxy groups -OCH3 is 1. The average Bonchev–Trinajstić information content (AvgIpc) is 2.50. The van der Waals surface area contributed by atoms with Gasteiger partial charge >= 0.3 is 0 Å². The molecular weight excluding hydrogens is 140 g/mol. The Morgan fingerprint density at radius 2 is 2.36 bits per heavy atom. The van der Waals surface area contributed by atoms with E-state index in [0.29, 0.717) is 5.88 Å². The molecule has 2 aromatic rings. The average molecular weight is 148 g/mol. The molecule has 0 aliphatic carbocycles. The highest BCUT2D eigenvalue weighted by atomic mass is 16.5. The minimum Gasteiger partial charge on any atom is -0.480 e. The molecule has 0 spiro atoms. The van der Waals surface area contributed by atoms with Gasteiger partial charge < -0.3 is 9.14 Å². The molecule has 56 valence electrons. The molecule has 0 bridgehead atoms. The van der Waals surface area contributed by atoms with Crippen molar-refractivity contribution >= 4 is 5.52 Å². The van der Waals surface area contributed by atoms with Crippen LogP contribution in [0, 0.1) is 0 Å². The van der Waals surface area contributed by atoms with Crippen molar-refractivity contribution < 1.29 is 4.74 Å². The van der Waals surface area contributed by atoms with Gasteiger partial charge in [0.2, 0.25) is 5.88 Å². The van der Waals surface area contributed by atoms with Crippen LogP contribution in [0.1, 0.15) is 0 Å². The van der Waals surface area contributed by atoms with Crippen LogP contribution in [0.4, 0.5) is 0 Å². The number of hydrogen-bond acceptors (Lipinski definition) is 2. The third-order valence-corrected chi connectivity index (χ3v) is 1.61. The van der Waals surface area contributed by atoms with Gasteiger partial charge in [-0.15, -0.1) is 0 Å². The van der Waals surface area contributed by atoms with Crippen molar-refractivity contribution in [2.24, 2.45) is 0 Å². The van der Waals surface area contributed by atoms with E-state index in [1.807, 2.05) is 28.9 Å². The summed E-state index contributed by atoms with van der Waals surface area (Å²) in [5.74, 6) is 0.664. The summed E-state index contributed by atoms with van der Waals surface area (Å²) in [6.45, 7) is 0. The third-order valence-electron chi connectivity index (χ3n) is 1.61. The molecule has 0 aliphatic heterocycles. The first kappa shape index (κ1) is 6.22. The lowest BCUT2D eigenvalue weighted by atomic mass is 10.5. The quantitative estimate of drug-likeness (QED) is 0.610. The molecular formula is C8H8N2O. The summed E-state index contributed by atoms with van der Waals surface area (Å²) in [7, 11) is 1.62. The molecule has 0 aromatic carbocycles. The second kappa shape index (κ2) is 2.27. The molecule has 0 unspecified atom stereocenters. The van der Waals surface area contributed by atoms with Gasteiger partial charge in [-0.25, -0.2) is 4.98 Å². The normalized spacial score (nSPS) is 10.3. The predicted molar refractivity (Wildman–Crippen MR) is 41.7 cm³/mol. The lowest BCUT2D eigenvalue weighted by molar-refractivity contribution is 0.401. The number of aromatic nitrogens is 2. The molecule has 0 atom stereocenters. The van der Waals surface area contributed by atoms with Crippen LogP contribution in [0.2, 0.25) is 0 Å². The van der Waals surface area contributed by atoms with E-state index in [-0.39, 0.29) is 0 Å². The van der Waals surface area contributed by atoms with Crippen LogP contribution < -0.4 is 4.74 Å². The van der Waals surface area contributed by atoms with E-state index in [1.54, 1.807) is 13.3 Å². The molecule has 0 saturated heterocycles. The number of ether oxygens (including phenoxy) is 1. The molecule has 3 heteroatoms. The molecule has 2 rings (SSSR count). The van der Waals surface area contributed by atoms with E-state index in [9.17, 15) is 0 Å². The minimum atomic E-state index is 0.664. The Balaban J connectivity index is 2.79. The fourth-order valence-electron chi connectivity index (χ4n) is 1.10. The number of fused-ring (bicyclic) bond motifs is 1. The second-order valence-electron chi connectivity index (χ2n) is 2.24. The van der Waals surface area contributed by atoms with E-state index >= 15 is 0 Å². The van der Waals surface area contributed by atoms with E-state index in [2.05, 4.69) is 4.98 Å². The van der Waals surface area contributed by atoms with Gasteiger partial charge in [0.15, 0.2) is 0 Å². The number of nitrogens with zero attached hydrogens (tertiary/aromatic N) is 2. The predicted octanol–water partition coefficient (Wildman–Crippen LogP) is 1.34. The Kier molecular flexibility index (Phi) is 1.28. The van der Waals surface area contributed by atoms with Crippen LogP contribution in [-0.2, 0) is 0 Å². The van der Waals surface area contributed by atoms with Crippen LogP contribution in [0.15, 0.2) is 30.7 Å². The lowest BCUT2D eigenvalue weighted by Crippen LogP contribution is -1.90. The maximum atomic E-state index is 5.05. The summed E-state index contributed by atoms with van der Waals surface area (Å²) < 4.78 is 7.02. The summed E-state index contributed by atoms with van der Waals surface area (Å²) in [6.07, 6.45) is 5.56. The molecule has 0 fully saturated rings. The maximum Gasteiger partial charge on any atom is 0.238 e. The van der Waals surface area contributed by atoms with Crippen molar-refractivity contribution in [1.82, 2.24) is 9.38 Å². The first-order valence-electron chi connectivity index (χ1n) is 3.37. The number of rotatable bonds is 1. The van der Waals surface area contributed by atoms with Gasteiger partial charge in [0.1, 0.15) is 5.52 Å². The van der Waals surface area contributed by atoms with Crippen LogP contribution in [0.5, 0.6) is 5.88 Å². The SMILES string of the molecule is COc1nccn2cccc12. The molecule has 2 aromatic heterocycles. The third kappa shape index (κ3) is 0.852. The van der Waals surface area contributed by atoms with Gasteiger partial charge in [-0.1, -0.05) is 0 Å². The number of hydrogen-bond donors (Lipinski definition) is 0. The zero-order valence-electron chi connectivity index (χ0n) is 6.19. The van der Waals surface area contributed by atoms with Crippen molar-refractivity contribution in [2.75, 3.05) is 7.11 Å². The van der Waals surface area contributed by atoms with Gasteiger partial charge in [-0.05, 0) is 12.1 Å². The summed E-state index contributed by atoms with van der Waals surface area (Å²) >= 11 is 0. The Labute approximate surface area is 64.2 Å². The van der Waals surface area contributed by atoms with Crippen molar-refractivity contribution in [3.8, 4) is 5.88 Å². The van der Waals surface area contributed by atoms with Crippen LogP contribution in [0.3, 0.4) is 0 Å². The van der Waals surface area contributed by atoms with Gasteiger partial charge in [-0.2, -0.15) is 0 Å². The van der Waals surface area contributed by atoms with E-state index < -0.39 is 0 Å². The molecule has 0 saturated carbocycles. The van der Waals surface area contributed by atoms with E-state index in [1.165, 1.54) is 0 Å². The molecule has 0 aliphatic rings. The zero-order valence-corrected chi connectivity index (χ0v) is 6.19. The summed E-state index contributed by atoms with van der Waals surface area (Å²) in [6, 6.07) is 3.92. The first-order chi connectivity index (χ1) is 5.42. The van der Waals surface area contributed by atoms with Gasteiger partial charge in [0.25, 0.3) is 0 Å². The molecule has 11 heavy (non-hydrogen) atoms. The van der Waals surface area contributed by atoms with Crippen molar-refractivity contribution in [3.63, 3.8) is 0 Å². The Morgan fingerprint density at radius 1 is 1.45 bits per heavy atom. The highest BCUT2D eigenvalue weighted by molar-refractivity contribution is 5.56. The molecule has 0 amide bonds. The van der Waals surface area contributed by atoms with Crippen LogP contribution in [0.25, 0.3) is 5.52 Å². The molecule has 3 nitrogen and oxygen atoms in total. The van der Waals surface area contributed by atoms with Crippen LogP contribution >= 0.6 is 0 Å². The smallest absolute Gasteiger partial charge is 0.238 e. The van der Waals surface area contributed by atoms with E-state index in [4.69, 9.17) is 4.74 Å². The largest absolute Gasteiger partial charge is 0.480 e. The zero-order chi connectivity index (χ0) is 7.68. The Bertz CT molecular complexity index is 367. The molecule has 0 N–H and O–H groups in total. The van der Waals surface area contributed by atoms with Crippen molar-refractivity contribution in [3.05, 3.63) is 30.7 Å². The van der Waals surface area contributed by atoms with Crippen LogP contribution in [-0.4, -0.2) is 16.5 Å². The van der Waals surface area contributed by atoms with Crippen molar-refractivity contribution in [2.45, 2.75) is 0 Å². The highest BCUT2D eigenvalue weighted by Crippen LogP contribution is 2.14. The summed E-state index contributed by atoms with van der Waals surface area (Å²) in [4.78, 5) is 4.05. The summed E-state index contributed by atoms with van der Waals surface area (Å²) in [5.41, 5.74) is 0.995. The van der Waals surface area contributed by atoms with Crippen molar-refractivity contribution in [1.29, 1.82) is 0 Å². The topological polar surface area (TPSA) is 26.5 Å². The van der Waals surface area contributed by atoms with Gasteiger partial charge in [0, 0.05) is 18.6 Å². The Hall–Kier alpha value is -1.51. The van der Waals surface area contributed by atoms with Gasteiger partial charge in [0.05, 0.1) is 7.11 Å².